The lowest BCUT2D eigenvalue weighted by Crippen LogP contribution is -2.12. The Bertz CT molecular complexity index is 410. The van der Waals surface area contributed by atoms with Crippen molar-refractivity contribution in [2.75, 3.05) is 0 Å². The Morgan fingerprint density at radius 2 is 2.12 bits per heavy atom. The zero-order valence-electron chi connectivity index (χ0n) is 8.15. The van der Waals surface area contributed by atoms with Crippen molar-refractivity contribution in [1.29, 1.82) is 0 Å². The van der Waals surface area contributed by atoms with Crippen LogP contribution in [0.25, 0.3) is 0 Å². The van der Waals surface area contributed by atoms with Crippen LogP contribution in [0.5, 0.6) is 5.75 Å². The molecule has 16 heavy (non-hydrogen) atoms. The fourth-order valence-corrected chi connectivity index (χ4v) is 1.36. The highest BCUT2D eigenvalue weighted by atomic mass is 19.3. The molecule has 4 N–H and O–H groups in total. The molecule has 1 aromatic heterocycles. The van der Waals surface area contributed by atoms with E-state index < -0.39 is 24.5 Å². The molecule has 0 saturated heterocycles. The predicted molar refractivity (Wildman–Crippen MR) is 50.1 cm³/mol. The second kappa shape index (κ2) is 4.84. The molecule has 0 saturated carbocycles. The van der Waals surface area contributed by atoms with Crippen LogP contribution >= 0.6 is 0 Å². The van der Waals surface area contributed by atoms with E-state index >= 15 is 0 Å². The van der Waals surface area contributed by atoms with Gasteiger partial charge >= 0.3 is 5.97 Å². The molecule has 0 aliphatic heterocycles. The Labute approximate surface area is 89.5 Å². The van der Waals surface area contributed by atoms with E-state index in [1.165, 1.54) is 0 Å². The summed E-state index contributed by atoms with van der Waals surface area (Å²) in [5.41, 5.74) is 4.39. The summed E-state index contributed by atoms with van der Waals surface area (Å²) in [6, 6.07) is 0. The number of alkyl halides is 2. The van der Waals surface area contributed by atoms with Crippen molar-refractivity contribution in [2.45, 2.75) is 19.4 Å². The Morgan fingerprint density at radius 3 is 2.56 bits per heavy atom. The molecule has 0 aromatic carbocycles. The molecule has 0 aliphatic rings. The highest BCUT2D eigenvalue weighted by Crippen LogP contribution is 2.28. The molecule has 7 heteroatoms. The van der Waals surface area contributed by atoms with Crippen molar-refractivity contribution < 1.29 is 23.8 Å². The second-order valence-corrected chi connectivity index (χ2v) is 3.06. The molecular formula is C9H10F2N2O3. The zero-order chi connectivity index (χ0) is 12.3. The van der Waals surface area contributed by atoms with Crippen LogP contribution in [-0.2, 0) is 17.8 Å². The number of pyridine rings is 1. The van der Waals surface area contributed by atoms with E-state index in [4.69, 9.17) is 10.8 Å². The Balaban J connectivity index is 3.34. The summed E-state index contributed by atoms with van der Waals surface area (Å²) in [5, 5.41) is 17.9. The fraction of sp³-hybridized carbons (Fsp3) is 0.333. The number of rotatable bonds is 4. The molecule has 0 bridgehead atoms. The first-order chi connectivity index (χ1) is 7.47. The monoisotopic (exact) mass is 232 g/mol. The second-order valence-electron chi connectivity index (χ2n) is 3.06. The van der Waals surface area contributed by atoms with Crippen molar-refractivity contribution in [2.24, 2.45) is 5.73 Å². The topological polar surface area (TPSA) is 96.4 Å². The quantitative estimate of drug-likeness (QED) is 0.713. The minimum Gasteiger partial charge on any atom is -0.506 e. The lowest BCUT2D eigenvalue weighted by molar-refractivity contribution is -0.136. The van der Waals surface area contributed by atoms with Gasteiger partial charge in [-0.1, -0.05) is 0 Å². The van der Waals surface area contributed by atoms with E-state index in [-0.39, 0.29) is 23.4 Å². The summed E-state index contributed by atoms with van der Waals surface area (Å²) in [4.78, 5) is 13.8. The molecule has 0 amide bonds. The molecule has 1 rings (SSSR count). The highest BCUT2D eigenvalue weighted by molar-refractivity contribution is 5.71. The van der Waals surface area contributed by atoms with Crippen LogP contribution in [-0.4, -0.2) is 21.2 Å². The third-order valence-corrected chi connectivity index (χ3v) is 2.05. The lowest BCUT2D eigenvalue weighted by atomic mass is 10.0. The molecule has 0 aliphatic carbocycles. The van der Waals surface area contributed by atoms with Gasteiger partial charge in [0.05, 0.1) is 12.6 Å². The average molecular weight is 232 g/mol. The first-order valence-electron chi connectivity index (χ1n) is 4.37. The smallest absolute Gasteiger partial charge is 0.307 e. The molecule has 5 nitrogen and oxygen atoms in total. The SMILES string of the molecule is NCc1c(O)cnc(C(F)F)c1CC(=O)O. The third-order valence-electron chi connectivity index (χ3n) is 2.05. The van der Waals surface area contributed by atoms with Crippen molar-refractivity contribution >= 4 is 5.97 Å². The Morgan fingerprint density at radius 1 is 1.50 bits per heavy atom. The maximum atomic E-state index is 12.5. The van der Waals surface area contributed by atoms with Gasteiger partial charge in [0.2, 0.25) is 0 Å². The number of nitrogens with two attached hydrogens (primary N) is 1. The molecular weight excluding hydrogens is 222 g/mol. The standard InChI is InChI=1S/C9H10F2N2O3/c10-9(11)8-4(1-7(15)16)5(2-12)6(14)3-13-8/h3,9,14H,1-2,12H2,(H,15,16). The molecule has 0 fully saturated rings. The number of carboxylic acids is 1. The molecule has 0 radical (unpaired) electrons. The number of hydrogen-bond acceptors (Lipinski definition) is 4. The minimum absolute atomic E-state index is 0.00676. The Hall–Kier alpha value is -1.76. The van der Waals surface area contributed by atoms with Crippen molar-refractivity contribution in [3.63, 3.8) is 0 Å². The van der Waals surface area contributed by atoms with Gasteiger partial charge in [-0.2, -0.15) is 0 Å². The number of hydrogen-bond donors (Lipinski definition) is 3. The van der Waals surface area contributed by atoms with Gasteiger partial charge in [-0.25, -0.2) is 8.78 Å². The summed E-state index contributed by atoms with van der Waals surface area (Å²) < 4.78 is 25.1. The van der Waals surface area contributed by atoms with Crippen molar-refractivity contribution in [3.8, 4) is 5.75 Å². The maximum Gasteiger partial charge on any atom is 0.307 e. The number of aromatic hydroxyl groups is 1. The van der Waals surface area contributed by atoms with Crippen LogP contribution < -0.4 is 5.73 Å². The van der Waals surface area contributed by atoms with Crippen molar-refractivity contribution in [1.82, 2.24) is 4.98 Å². The predicted octanol–water partition coefficient (Wildman–Crippen LogP) is 0.811. The molecule has 88 valence electrons. The summed E-state index contributed by atoms with van der Waals surface area (Å²) in [6.07, 6.45) is -2.71. The van der Waals surface area contributed by atoms with Crippen LogP contribution in [0.3, 0.4) is 0 Å². The van der Waals surface area contributed by atoms with E-state index in [0.717, 1.165) is 6.20 Å². The van der Waals surface area contributed by atoms with Gasteiger partial charge in [-0.05, 0) is 5.56 Å². The van der Waals surface area contributed by atoms with Gasteiger partial charge in [0.1, 0.15) is 11.4 Å². The van der Waals surface area contributed by atoms with Gasteiger partial charge in [0, 0.05) is 12.1 Å². The molecule has 0 spiro atoms. The third kappa shape index (κ3) is 2.43. The molecule has 0 atom stereocenters. The molecule has 0 unspecified atom stereocenters. The number of carbonyl (C=O) groups is 1. The van der Waals surface area contributed by atoms with E-state index in [0.29, 0.717) is 0 Å². The van der Waals surface area contributed by atoms with Crippen LogP contribution in [0, 0.1) is 0 Å². The molecule has 1 heterocycles. The summed E-state index contributed by atoms with van der Waals surface area (Å²) in [6.45, 7) is -0.226. The maximum absolute atomic E-state index is 12.5. The lowest BCUT2D eigenvalue weighted by Gasteiger charge is -2.12. The normalized spacial score (nSPS) is 10.8. The van der Waals surface area contributed by atoms with Gasteiger partial charge in [0.15, 0.2) is 0 Å². The fourth-order valence-electron chi connectivity index (χ4n) is 1.36. The number of carboxylic acid groups (broad SMARTS) is 1. The number of halogens is 2. The Kier molecular flexibility index (Phi) is 3.73. The number of nitrogens with zero attached hydrogens (tertiary/aromatic N) is 1. The summed E-state index contributed by atoms with van der Waals surface area (Å²) in [5.74, 6) is -1.66. The van der Waals surface area contributed by atoms with Gasteiger partial charge in [-0.3, -0.25) is 9.78 Å². The minimum atomic E-state index is -2.90. The molecule has 1 aromatic rings. The van der Waals surface area contributed by atoms with E-state index in [1.54, 1.807) is 0 Å². The first-order valence-corrected chi connectivity index (χ1v) is 4.37. The average Bonchev–Trinajstić information content (AvgIpc) is 2.16. The van der Waals surface area contributed by atoms with Crippen LogP contribution in [0.2, 0.25) is 0 Å². The zero-order valence-corrected chi connectivity index (χ0v) is 8.15. The van der Waals surface area contributed by atoms with Crippen LogP contribution in [0.15, 0.2) is 6.20 Å². The number of aromatic nitrogens is 1. The van der Waals surface area contributed by atoms with E-state index in [1.807, 2.05) is 0 Å². The van der Waals surface area contributed by atoms with E-state index in [9.17, 15) is 18.7 Å². The van der Waals surface area contributed by atoms with Gasteiger partial charge in [0.25, 0.3) is 6.43 Å². The number of aliphatic carboxylic acids is 1. The van der Waals surface area contributed by atoms with Crippen LogP contribution in [0.4, 0.5) is 8.78 Å². The summed E-state index contributed by atoms with van der Waals surface area (Å²) >= 11 is 0. The first kappa shape index (κ1) is 12.3. The van der Waals surface area contributed by atoms with E-state index in [2.05, 4.69) is 4.98 Å². The van der Waals surface area contributed by atoms with Gasteiger partial charge in [-0.15, -0.1) is 0 Å². The summed E-state index contributed by atoms with van der Waals surface area (Å²) in [7, 11) is 0. The van der Waals surface area contributed by atoms with Crippen molar-refractivity contribution in [3.05, 3.63) is 23.0 Å². The largest absolute Gasteiger partial charge is 0.506 e. The highest BCUT2D eigenvalue weighted by Gasteiger charge is 2.21. The van der Waals surface area contributed by atoms with Crippen LogP contribution in [0.1, 0.15) is 23.2 Å². The van der Waals surface area contributed by atoms with Gasteiger partial charge < -0.3 is 15.9 Å².